The van der Waals surface area contributed by atoms with Gasteiger partial charge in [-0.25, -0.2) is 4.79 Å². The zero-order valence-electron chi connectivity index (χ0n) is 5.26. The molecule has 0 radical (unpaired) electrons. The molecule has 0 aliphatic carbocycles. The molecule has 0 aromatic heterocycles. The first-order valence-corrected chi connectivity index (χ1v) is 4.23. The standard InChI is InChI=1S/C6H9IO2/c1-2-9-6(8)4-3-5-7/h3-4H,2,5H2,1H3/b4-3-. The zero-order valence-corrected chi connectivity index (χ0v) is 7.42. The van der Waals surface area contributed by atoms with Gasteiger partial charge in [-0.05, 0) is 6.92 Å². The second-order valence-corrected chi connectivity index (χ2v) is 2.19. The molecular weight excluding hydrogens is 231 g/mol. The van der Waals surface area contributed by atoms with Crippen LogP contribution in [0.15, 0.2) is 12.2 Å². The first-order chi connectivity index (χ1) is 4.31. The molecule has 0 amide bonds. The van der Waals surface area contributed by atoms with E-state index >= 15 is 0 Å². The molecule has 9 heavy (non-hydrogen) atoms. The molecule has 0 fully saturated rings. The van der Waals surface area contributed by atoms with E-state index < -0.39 is 0 Å². The van der Waals surface area contributed by atoms with Crippen LogP contribution < -0.4 is 0 Å². The number of halogens is 1. The van der Waals surface area contributed by atoms with Crippen LogP contribution in [-0.4, -0.2) is 17.0 Å². The first kappa shape index (κ1) is 8.94. The maximum atomic E-state index is 10.5. The molecule has 3 heteroatoms. The number of ether oxygens (including phenoxy) is 1. The second kappa shape index (κ2) is 6.07. The Morgan fingerprint density at radius 2 is 2.44 bits per heavy atom. The lowest BCUT2D eigenvalue weighted by molar-refractivity contribution is -0.137. The molecule has 0 saturated carbocycles. The van der Waals surface area contributed by atoms with E-state index in [0.717, 1.165) is 4.43 Å². The predicted octanol–water partition coefficient (Wildman–Crippen LogP) is 1.54. The van der Waals surface area contributed by atoms with Crippen molar-refractivity contribution in [3.05, 3.63) is 12.2 Å². The van der Waals surface area contributed by atoms with Crippen LogP contribution in [0.1, 0.15) is 6.92 Å². The minimum absolute atomic E-state index is 0.255. The Morgan fingerprint density at radius 1 is 1.78 bits per heavy atom. The molecule has 0 heterocycles. The topological polar surface area (TPSA) is 26.3 Å². The monoisotopic (exact) mass is 240 g/mol. The van der Waals surface area contributed by atoms with E-state index in [4.69, 9.17) is 0 Å². The summed E-state index contributed by atoms with van der Waals surface area (Å²) in [5.41, 5.74) is 0. The number of esters is 1. The van der Waals surface area contributed by atoms with Crippen LogP contribution in [-0.2, 0) is 9.53 Å². The van der Waals surface area contributed by atoms with E-state index in [0.29, 0.717) is 6.61 Å². The number of carbonyl (C=O) groups is 1. The van der Waals surface area contributed by atoms with Crippen LogP contribution in [0.3, 0.4) is 0 Å². The minimum Gasteiger partial charge on any atom is -0.463 e. The van der Waals surface area contributed by atoms with Crippen molar-refractivity contribution >= 4 is 28.6 Å². The van der Waals surface area contributed by atoms with E-state index in [1.807, 2.05) is 0 Å². The molecule has 0 spiro atoms. The smallest absolute Gasteiger partial charge is 0.330 e. The molecule has 0 rings (SSSR count). The van der Waals surface area contributed by atoms with Gasteiger partial charge in [-0.3, -0.25) is 0 Å². The number of alkyl halides is 1. The highest BCUT2D eigenvalue weighted by Gasteiger charge is 1.89. The first-order valence-electron chi connectivity index (χ1n) is 2.70. The average molecular weight is 240 g/mol. The Bertz CT molecular complexity index is 110. The van der Waals surface area contributed by atoms with Gasteiger partial charge in [0.2, 0.25) is 0 Å². The fourth-order valence-electron chi connectivity index (χ4n) is 0.331. The molecule has 0 unspecified atom stereocenters. The molecule has 52 valence electrons. The summed E-state index contributed by atoms with van der Waals surface area (Å²) >= 11 is 2.15. The lowest BCUT2D eigenvalue weighted by Gasteiger charge is -1.92. The van der Waals surface area contributed by atoms with Gasteiger partial charge in [0.1, 0.15) is 0 Å². The summed E-state index contributed by atoms with van der Waals surface area (Å²) < 4.78 is 5.46. The van der Waals surface area contributed by atoms with Gasteiger partial charge >= 0.3 is 5.97 Å². The normalized spacial score (nSPS) is 10.0. The van der Waals surface area contributed by atoms with E-state index in [2.05, 4.69) is 27.3 Å². The van der Waals surface area contributed by atoms with Gasteiger partial charge in [-0.1, -0.05) is 28.7 Å². The average Bonchev–Trinajstić information content (AvgIpc) is 1.85. The van der Waals surface area contributed by atoms with Crippen LogP contribution in [0, 0.1) is 0 Å². The van der Waals surface area contributed by atoms with Crippen molar-refractivity contribution in [3.8, 4) is 0 Å². The van der Waals surface area contributed by atoms with Gasteiger partial charge in [0, 0.05) is 10.5 Å². The molecule has 0 atom stereocenters. The molecule has 0 aromatic carbocycles. The van der Waals surface area contributed by atoms with Gasteiger partial charge in [0.25, 0.3) is 0 Å². The van der Waals surface area contributed by atoms with Crippen LogP contribution >= 0.6 is 22.6 Å². The van der Waals surface area contributed by atoms with Crippen LogP contribution in [0.2, 0.25) is 0 Å². The highest BCUT2D eigenvalue weighted by molar-refractivity contribution is 14.1. The molecule has 0 N–H and O–H groups in total. The van der Waals surface area contributed by atoms with Crippen molar-refractivity contribution in [2.75, 3.05) is 11.0 Å². The van der Waals surface area contributed by atoms with E-state index in [1.165, 1.54) is 6.08 Å². The van der Waals surface area contributed by atoms with Crippen molar-refractivity contribution in [2.45, 2.75) is 6.92 Å². The highest BCUT2D eigenvalue weighted by atomic mass is 127. The molecule has 0 bridgehead atoms. The molecule has 0 aliphatic heterocycles. The predicted molar refractivity (Wildman–Crippen MR) is 44.7 cm³/mol. The Morgan fingerprint density at radius 3 is 2.89 bits per heavy atom. The minimum atomic E-state index is -0.255. The van der Waals surface area contributed by atoms with Crippen molar-refractivity contribution in [2.24, 2.45) is 0 Å². The number of rotatable bonds is 3. The molecular formula is C6H9IO2. The third-order valence-electron chi connectivity index (χ3n) is 0.630. The maximum Gasteiger partial charge on any atom is 0.330 e. The molecule has 0 saturated heterocycles. The van der Waals surface area contributed by atoms with Crippen molar-refractivity contribution in [1.82, 2.24) is 0 Å². The number of hydrogen-bond acceptors (Lipinski definition) is 2. The van der Waals surface area contributed by atoms with Crippen LogP contribution in [0.4, 0.5) is 0 Å². The highest BCUT2D eigenvalue weighted by Crippen LogP contribution is 1.85. The summed E-state index contributed by atoms with van der Waals surface area (Å²) in [5.74, 6) is -0.255. The Balaban J connectivity index is 3.37. The summed E-state index contributed by atoms with van der Waals surface area (Å²) in [6, 6.07) is 0. The Labute approximate surface area is 68.4 Å². The summed E-state index contributed by atoms with van der Waals surface area (Å²) in [5, 5.41) is 0. The van der Waals surface area contributed by atoms with E-state index in [-0.39, 0.29) is 5.97 Å². The van der Waals surface area contributed by atoms with Gasteiger partial charge in [-0.15, -0.1) is 0 Å². The van der Waals surface area contributed by atoms with E-state index in [1.54, 1.807) is 13.0 Å². The quantitative estimate of drug-likeness (QED) is 0.323. The number of allylic oxidation sites excluding steroid dienone is 1. The third kappa shape index (κ3) is 5.82. The number of hydrogen-bond donors (Lipinski definition) is 0. The molecule has 0 aliphatic rings. The van der Waals surface area contributed by atoms with Gasteiger partial charge in [0.05, 0.1) is 6.61 Å². The van der Waals surface area contributed by atoms with Crippen molar-refractivity contribution in [3.63, 3.8) is 0 Å². The second-order valence-electron chi connectivity index (χ2n) is 1.31. The fourth-order valence-corrected chi connectivity index (χ4v) is 0.585. The summed E-state index contributed by atoms with van der Waals surface area (Å²) in [7, 11) is 0. The maximum absolute atomic E-state index is 10.5. The zero-order chi connectivity index (χ0) is 7.11. The fraction of sp³-hybridized carbons (Fsp3) is 0.500. The number of carbonyl (C=O) groups excluding carboxylic acids is 1. The lowest BCUT2D eigenvalue weighted by Crippen LogP contribution is -1.98. The van der Waals surface area contributed by atoms with Crippen LogP contribution in [0.5, 0.6) is 0 Å². The third-order valence-corrected chi connectivity index (χ3v) is 1.14. The summed E-state index contributed by atoms with van der Waals surface area (Å²) in [6.07, 6.45) is 3.20. The SMILES string of the molecule is CCOC(=O)/C=C\CI. The van der Waals surface area contributed by atoms with Gasteiger partial charge < -0.3 is 4.74 Å². The lowest BCUT2D eigenvalue weighted by atomic mass is 10.5. The van der Waals surface area contributed by atoms with Crippen molar-refractivity contribution in [1.29, 1.82) is 0 Å². The summed E-state index contributed by atoms with van der Waals surface area (Å²) in [6.45, 7) is 2.24. The van der Waals surface area contributed by atoms with E-state index in [9.17, 15) is 4.79 Å². The van der Waals surface area contributed by atoms with Crippen LogP contribution in [0.25, 0.3) is 0 Å². The summed E-state index contributed by atoms with van der Waals surface area (Å²) in [4.78, 5) is 10.5. The van der Waals surface area contributed by atoms with Gasteiger partial charge in [0.15, 0.2) is 0 Å². The largest absolute Gasteiger partial charge is 0.463 e. The Hall–Kier alpha value is -0.0600. The molecule has 0 aromatic rings. The van der Waals surface area contributed by atoms with Gasteiger partial charge in [-0.2, -0.15) is 0 Å². The molecule has 2 nitrogen and oxygen atoms in total. The van der Waals surface area contributed by atoms with Crippen molar-refractivity contribution < 1.29 is 9.53 Å². The Kier molecular flexibility index (Phi) is 6.03.